The van der Waals surface area contributed by atoms with Gasteiger partial charge in [0.2, 0.25) is 0 Å². The monoisotopic (exact) mass is 325 g/mol. The summed E-state index contributed by atoms with van der Waals surface area (Å²) in [7, 11) is 1.88. The van der Waals surface area contributed by atoms with Gasteiger partial charge in [0.15, 0.2) is 5.65 Å². The van der Waals surface area contributed by atoms with Crippen LogP contribution in [-0.2, 0) is 13.6 Å². The van der Waals surface area contributed by atoms with Gasteiger partial charge in [-0.2, -0.15) is 5.10 Å². The molecule has 2 aromatic heterocycles. The van der Waals surface area contributed by atoms with Crippen LogP contribution >= 0.6 is 0 Å². The Morgan fingerprint density at radius 2 is 2.00 bits per heavy atom. The second-order valence-electron chi connectivity index (χ2n) is 6.29. The molecule has 0 spiro atoms. The van der Waals surface area contributed by atoms with Crippen LogP contribution in [-0.4, -0.2) is 26.4 Å². The standard InChI is InChI=1S/C18H23N5O/c1-12(2)11-24-16-8-6-5-7-14(16)9-19-17-15-10-20-23(4)18(15)22-13(3)21-17/h5-8,10,12H,9,11H2,1-4H3,(H,19,21,22). The first-order valence-electron chi connectivity index (χ1n) is 8.15. The number of nitrogens with one attached hydrogen (secondary N) is 1. The summed E-state index contributed by atoms with van der Waals surface area (Å²) in [6, 6.07) is 8.08. The van der Waals surface area contributed by atoms with Crippen LogP contribution < -0.4 is 10.1 Å². The van der Waals surface area contributed by atoms with Crippen LogP contribution in [0.25, 0.3) is 11.0 Å². The van der Waals surface area contributed by atoms with E-state index in [2.05, 4.69) is 40.3 Å². The Balaban J connectivity index is 1.82. The molecule has 3 aromatic rings. The van der Waals surface area contributed by atoms with E-state index in [1.165, 1.54) is 0 Å². The number of hydrogen-bond acceptors (Lipinski definition) is 5. The summed E-state index contributed by atoms with van der Waals surface area (Å²) >= 11 is 0. The maximum Gasteiger partial charge on any atom is 0.163 e. The number of fused-ring (bicyclic) bond motifs is 1. The van der Waals surface area contributed by atoms with Crippen molar-refractivity contribution >= 4 is 16.9 Å². The molecule has 6 nitrogen and oxygen atoms in total. The molecule has 0 amide bonds. The lowest BCUT2D eigenvalue weighted by molar-refractivity contribution is 0.269. The summed E-state index contributed by atoms with van der Waals surface area (Å²) in [6.45, 7) is 7.51. The van der Waals surface area contributed by atoms with Gasteiger partial charge in [-0.15, -0.1) is 0 Å². The van der Waals surface area contributed by atoms with Crippen molar-refractivity contribution in [1.29, 1.82) is 0 Å². The van der Waals surface area contributed by atoms with E-state index in [0.717, 1.165) is 34.0 Å². The van der Waals surface area contributed by atoms with Crippen LogP contribution in [0.3, 0.4) is 0 Å². The van der Waals surface area contributed by atoms with E-state index in [1.807, 2.05) is 32.2 Å². The molecule has 0 fully saturated rings. The van der Waals surface area contributed by atoms with Gasteiger partial charge in [-0.05, 0) is 18.9 Å². The van der Waals surface area contributed by atoms with Crippen LogP contribution in [0.4, 0.5) is 5.82 Å². The van der Waals surface area contributed by atoms with E-state index < -0.39 is 0 Å². The van der Waals surface area contributed by atoms with E-state index in [-0.39, 0.29) is 0 Å². The fourth-order valence-electron chi connectivity index (χ4n) is 2.49. The Morgan fingerprint density at radius 3 is 2.79 bits per heavy atom. The molecule has 1 aromatic carbocycles. The highest BCUT2D eigenvalue weighted by molar-refractivity contribution is 5.86. The lowest BCUT2D eigenvalue weighted by atomic mass is 10.2. The van der Waals surface area contributed by atoms with Gasteiger partial charge in [0.05, 0.1) is 18.2 Å². The lowest BCUT2D eigenvalue weighted by Crippen LogP contribution is -2.09. The molecule has 0 aliphatic rings. The lowest BCUT2D eigenvalue weighted by Gasteiger charge is -2.14. The molecule has 0 bridgehead atoms. The molecule has 6 heteroatoms. The minimum atomic E-state index is 0.491. The zero-order valence-electron chi connectivity index (χ0n) is 14.6. The molecular formula is C18H23N5O. The van der Waals surface area contributed by atoms with Crippen LogP contribution in [0, 0.1) is 12.8 Å². The summed E-state index contributed by atoms with van der Waals surface area (Å²) < 4.78 is 7.67. The van der Waals surface area contributed by atoms with Gasteiger partial charge in [-0.3, -0.25) is 4.68 Å². The van der Waals surface area contributed by atoms with Crippen LogP contribution in [0.5, 0.6) is 5.75 Å². The highest BCUT2D eigenvalue weighted by Gasteiger charge is 2.11. The number of hydrogen-bond donors (Lipinski definition) is 1. The molecular weight excluding hydrogens is 302 g/mol. The summed E-state index contributed by atoms with van der Waals surface area (Å²) in [4.78, 5) is 8.96. The molecule has 2 heterocycles. The van der Waals surface area contributed by atoms with E-state index in [0.29, 0.717) is 19.1 Å². The Morgan fingerprint density at radius 1 is 1.21 bits per heavy atom. The van der Waals surface area contributed by atoms with Gasteiger partial charge in [0.25, 0.3) is 0 Å². The Hall–Kier alpha value is -2.63. The molecule has 126 valence electrons. The van der Waals surface area contributed by atoms with Gasteiger partial charge in [-0.1, -0.05) is 32.0 Å². The quantitative estimate of drug-likeness (QED) is 0.753. The van der Waals surface area contributed by atoms with Crippen molar-refractivity contribution < 1.29 is 4.74 Å². The first kappa shape index (κ1) is 16.2. The molecule has 0 aliphatic heterocycles. The molecule has 0 unspecified atom stereocenters. The molecule has 0 saturated heterocycles. The first-order valence-corrected chi connectivity index (χ1v) is 8.15. The molecule has 0 radical (unpaired) electrons. The number of benzene rings is 1. The maximum atomic E-state index is 5.91. The molecule has 0 atom stereocenters. The second kappa shape index (κ2) is 6.86. The third-order valence-electron chi connectivity index (χ3n) is 3.69. The van der Waals surface area contributed by atoms with Crippen LogP contribution in [0.1, 0.15) is 25.2 Å². The predicted octanol–water partition coefficient (Wildman–Crippen LogP) is 3.32. The molecule has 0 saturated carbocycles. The van der Waals surface area contributed by atoms with Gasteiger partial charge in [0, 0.05) is 19.2 Å². The second-order valence-corrected chi connectivity index (χ2v) is 6.29. The van der Waals surface area contributed by atoms with Crippen molar-refractivity contribution in [2.24, 2.45) is 13.0 Å². The van der Waals surface area contributed by atoms with Gasteiger partial charge < -0.3 is 10.1 Å². The van der Waals surface area contributed by atoms with Gasteiger partial charge >= 0.3 is 0 Å². The fraction of sp³-hybridized carbons (Fsp3) is 0.389. The highest BCUT2D eigenvalue weighted by Crippen LogP contribution is 2.23. The van der Waals surface area contributed by atoms with E-state index in [1.54, 1.807) is 10.9 Å². The predicted molar refractivity (Wildman–Crippen MR) is 95.1 cm³/mol. The average molecular weight is 325 g/mol. The van der Waals surface area contributed by atoms with Crippen molar-refractivity contribution in [3.63, 3.8) is 0 Å². The summed E-state index contributed by atoms with van der Waals surface area (Å²) in [5, 5.41) is 8.59. The van der Waals surface area contributed by atoms with Crippen LogP contribution in [0.2, 0.25) is 0 Å². The normalized spacial score (nSPS) is 11.2. The SMILES string of the molecule is Cc1nc(NCc2ccccc2OCC(C)C)c2cnn(C)c2n1. The minimum Gasteiger partial charge on any atom is -0.493 e. The van der Waals surface area contributed by atoms with E-state index in [4.69, 9.17) is 4.74 Å². The zero-order valence-corrected chi connectivity index (χ0v) is 14.6. The number of anilines is 1. The number of para-hydroxylation sites is 1. The molecule has 0 aliphatic carbocycles. The first-order chi connectivity index (χ1) is 11.5. The van der Waals surface area contributed by atoms with E-state index >= 15 is 0 Å². The van der Waals surface area contributed by atoms with Gasteiger partial charge in [0.1, 0.15) is 17.4 Å². The number of aryl methyl sites for hydroxylation is 2. The topological polar surface area (TPSA) is 64.9 Å². The third-order valence-corrected chi connectivity index (χ3v) is 3.69. The third kappa shape index (κ3) is 3.48. The Labute approximate surface area is 141 Å². The number of nitrogens with zero attached hydrogens (tertiary/aromatic N) is 4. The van der Waals surface area contributed by atoms with Gasteiger partial charge in [-0.25, -0.2) is 9.97 Å². The number of ether oxygens (including phenoxy) is 1. The summed E-state index contributed by atoms with van der Waals surface area (Å²) in [5.74, 6) is 2.92. The molecule has 1 N–H and O–H groups in total. The molecule has 3 rings (SSSR count). The maximum absolute atomic E-state index is 5.91. The Kier molecular flexibility index (Phi) is 4.64. The van der Waals surface area contributed by atoms with Crippen molar-refractivity contribution in [2.45, 2.75) is 27.3 Å². The highest BCUT2D eigenvalue weighted by atomic mass is 16.5. The fourth-order valence-corrected chi connectivity index (χ4v) is 2.49. The number of rotatable bonds is 6. The Bertz CT molecular complexity index is 841. The smallest absolute Gasteiger partial charge is 0.163 e. The largest absolute Gasteiger partial charge is 0.493 e. The van der Waals surface area contributed by atoms with Crippen molar-refractivity contribution in [3.8, 4) is 5.75 Å². The number of aromatic nitrogens is 4. The van der Waals surface area contributed by atoms with E-state index in [9.17, 15) is 0 Å². The van der Waals surface area contributed by atoms with Crippen molar-refractivity contribution in [2.75, 3.05) is 11.9 Å². The average Bonchev–Trinajstić information content (AvgIpc) is 2.92. The van der Waals surface area contributed by atoms with Crippen molar-refractivity contribution in [1.82, 2.24) is 19.7 Å². The zero-order chi connectivity index (χ0) is 17.1. The minimum absolute atomic E-state index is 0.491. The summed E-state index contributed by atoms with van der Waals surface area (Å²) in [5.41, 5.74) is 1.93. The molecule has 24 heavy (non-hydrogen) atoms. The summed E-state index contributed by atoms with van der Waals surface area (Å²) in [6.07, 6.45) is 1.79. The van der Waals surface area contributed by atoms with Crippen LogP contribution in [0.15, 0.2) is 30.5 Å². The van der Waals surface area contributed by atoms with Crippen molar-refractivity contribution in [3.05, 3.63) is 41.9 Å².